The number of alkyl halides is 3. The van der Waals surface area contributed by atoms with Gasteiger partial charge in [0.15, 0.2) is 0 Å². The van der Waals surface area contributed by atoms with E-state index in [2.05, 4.69) is 16.9 Å². The number of aliphatic carboxylic acids is 1. The smallest absolute Gasteiger partial charge is 0.475 e. The zero-order valence-corrected chi connectivity index (χ0v) is 11.6. The van der Waals surface area contributed by atoms with Gasteiger partial charge in [-0.15, -0.1) is 0 Å². The standard InChI is InChI=1S/C11H13N3O.C2HF3O2/c1-14-3-2-6-5-13-10-9(6)8(14)4-7(12)11(10)15;3-2(4,5)1(6)7/h4-5,8,13H,2-3,12H2,1H3;(H,6,7). The number of carboxylic acids is 1. The molecule has 0 bridgehead atoms. The summed E-state index contributed by atoms with van der Waals surface area (Å²) >= 11 is 0. The van der Waals surface area contributed by atoms with Crippen LogP contribution in [0, 0.1) is 0 Å². The summed E-state index contributed by atoms with van der Waals surface area (Å²) < 4.78 is 31.7. The van der Waals surface area contributed by atoms with Gasteiger partial charge in [0.2, 0.25) is 5.78 Å². The molecule has 22 heavy (non-hydrogen) atoms. The predicted molar refractivity (Wildman–Crippen MR) is 70.2 cm³/mol. The lowest BCUT2D eigenvalue weighted by Gasteiger charge is -2.33. The molecule has 0 fully saturated rings. The van der Waals surface area contributed by atoms with E-state index in [1.807, 2.05) is 12.3 Å². The van der Waals surface area contributed by atoms with E-state index in [-0.39, 0.29) is 11.8 Å². The van der Waals surface area contributed by atoms with E-state index in [4.69, 9.17) is 15.6 Å². The number of ketones is 1. The number of halogens is 3. The van der Waals surface area contributed by atoms with Gasteiger partial charge < -0.3 is 15.8 Å². The summed E-state index contributed by atoms with van der Waals surface area (Å²) in [6.07, 6.45) is -0.282. The number of hydrogen-bond acceptors (Lipinski definition) is 4. The molecule has 1 aromatic heterocycles. The first-order valence-electron chi connectivity index (χ1n) is 6.35. The third kappa shape index (κ3) is 2.84. The van der Waals surface area contributed by atoms with E-state index in [1.54, 1.807) is 0 Å². The fraction of sp³-hybridized carbons (Fsp3) is 0.385. The van der Waals surface area contributed by atoms with E-state index in [0.29, 0.717) is 11.4 Å². The van der Waals surface area contributed by atoms with Gasteiger partial charge in [-0.3, -0.25) is 9.69 Å². The zero-order valence-electron chi connectivity index (χ0n) is 11.6. The minimum atomic E-state index is -5.08. The van der Waals surface area contributed by atoms with Crippen molar-refractivity contribution in [2.24, 2.45) is 5.73 Å². The monoisotopic (exact) mass is 317 g/mol. The van der Waals surface area contributed by atoms with Crippen LogP contribution in [0.15, 0.2) is 18.0 Å². The third-order valence-corrected chi connectivity index (χ3v) is 3.58. The molecule has 0 radical (unpaired) electrons. The molecule has 1 aliphatic carbocycles. The number of nitrogens with zero attached hydrogens (tertiary/aromatic N) is 1. The summed E-state index contributed by atoms with van der Waals surface area (Å²) in [4.78, 5) is 25.9. The molecule has 9 heteroatoms. The number of carbonyl (C=O) groups is 2. The van der Waals surface area contributed by atoms with Crippen molar-refractivity contribution >= 4 is 11.8 Å². The summed E-state index contributed by atoms with van der Waals surface area (Å²) in [7, 11) is 2.06. The van der Waals surface area contributed by atoms with Crippen molar-refractivity contribution in [3.05, 3.63) is 34.8 Å². The van der Waals surface area contributed by atoms with Gasteiger partial charge in [0, 0.05) is 18.3 Å². The van der Waals surface area contributed by atoms with E-state index < -0.39 is 12.1 Å². The molecule has 0 amide bonds. The van der Waals surface area contributed by atoms with Gasteiger partial charge >= 0.3 is 12.1 Å². The molecule has 1 aromatic rings. The molecule has 2 heterocycles. The van der Waals surface area contributed by atoms with Crippen LogP contribution in [0.5, 0.6) is 0 Å². The van der Waals surface area contributed by atoms with Gasteiger partial charge in [0.05, 0.1) is 17.4 Å². The first-order valence-corrected chi connectivity index (χ1v) is 6.35. The summed E-state index contributed by atoms with van der Waals surface area (Å²) in [6.45, 7) is 1.01. The topological polar surface area (TPSA) is 99.4 Å². The highest BCUT2D eigenvalue weighted by Gasteiger charge is 2.38. The Labute approximate surface area is 123 Å². The number of hydrogen-bond donors (Lipinski definition) is 3. The highest BCUT2D eigenvalue weighted by Crippen LogP contribution is 2.36. The maximum absolute atomic E-state index is 11.8. The predicted octanol–water partition coefficient (Wildman–Crippen LogP) is 1.22. The largest absolute Gasteiger partial charge is 0.490 e. The average Bonchev–Trinajstić information content (AvgIpc) is 2.84. The lowest BCUT2D eigenvalue weighted by Crippen LogP contribution is -2.35. The Kier molecular flexibility index (Phi) is 4.01. The molecular weight excluding hydrogens is 303 g/mol. The molecule has 6 nitrogen and oxygen atoms in total. The molecule has 4 N–H and O–H groups in total. The second-order valence-electron chi connectivity index (χ2n) is 5.03. The average molecular weight is 317 g/mol. The first-order chi connectivity index (χ1) is 10.1. The quantitative estimate of drug-likeness (QED) is 0.668. The van der Waals surface area contributed by atoms with Crippen LogP contribution >= 0.6 is 0 Å². The zero-order chi connectivity index (χ0) is 16.7. The van der Waals surface area contributed by atoms with Crippen LogP contribution in [0.2, 0.25) is 0 Å². The van der Waals surface area contributed by atoms with Crippen molar-refractivity contribution < 1.29 is 27.9 Å². The van der Waals surface area contributed by atoms with Gasteiger partial charge in [-0.25, -0.2) is 4.79 Å². The number of nitrogens with two attached hydrogens (primary N) is 1. The minimum absolute atomic E-state index is 0.0669. The Bertz CT molecular complexity index is 649. The summed E-state index contributed by atoms with van der Waals surface area (Å²) in [5.41, 5.74) is 9.14. The van der Waals surface area contributed by atoms with E-state index in [1.165, 1.54) is 5.56 Å². The van der Waals surface area contributed by atoms with Crippen LogP contribution in [0.25, 0.3) is 0 Å². The van der Waals surface area contributed by atoms with E-state index >= 15 is 0 Å². The Morgan fingerprint density at radius 2 is 2.09 bits per heavy atom. The minimum Gasteiger partial charge on any atom is -0.475 e. The van der Waals surface area contributed by atoms with Crippen molar-refractivity contribution in [3.8, 4) is 0 Å². The Morgan fingerprint density at radius 1 is 1.50 bits per heavy atom. The van der Waals surface area contributed by atoms with Gasteiger partial charge in [0.1, 0.15) is 0 Å². The van der Waals surface area contributed by atoms with Crippen molar-refractivity contribution in [2.45, 2.75) is 18.6 Å². The number of aromatic amines is 1. The molecule has 1 unspecified atom stereocenters. The summed E-state index contributed by atoms with van der Waals surface area (Å²) in [5.74, 6) is -2.82. The number of Topliss-reactive ketones (excluding diaryl/α,β-unsaturated/α-hetero) is 1. The fourth-order valence-corrected chi connectivity index (χ4v) is 2.46. The first kappa shape index (κ1) is 16.1. The number of carboxylic acid groups (broad SMARTS) is 1. The highest BCUT2D eigenvalue weighted by atomic mass is 19.4. The number of aromatic nitrogens is 1. The lowest BCUT2D eigenvalue weighted by molar-refractivity contribution is -0.192. The molecule has 3 rings (SSSR count). The van der Waals surface area contributed by atoms with Crippen molar-refractivity contribution in [1.82, 2.24) is 9.88 Å². The number of carbonyl (C=O) groups excluding carboxylic acids is 1. The van der Waals surface area contributed by atoms with Crippen LogP contribution < -0.4 is 5.73 Å². The Balaban J connectivity index is 0.000000217. The van der Waals surface area contributed by atoms with Gasteiger partial charge in [0.25, 0.3) is 0 Å². The molecule has 1 atom stereocenters. The second kappa shape index (κ2) is 5.48. The van der Waals surface area contributed by atoms with Crippen LogP contribution in [-0.2, 0) is 11.2 Å². The SMILES string of the molecule is CN1CCc2c[nH]c3c2C1C=C(N)C3=O.O=C(O)C(F)(F)F. The summed E-state index contributed by atoms with van der Waals surface area (Å²) in [5, 5.41) is 7.12. The van der Waals surface area contributed by atoms with E-state index in [0.717, 1.165) is 18.5 Å². The molecule has 0 spiro atoms. The maximum Gasteiger partial charge on any atom is 0.490 e. The Hall–Kier alpha value is -2.29. The highest BCUT2D eigenvalue weighted by molar-refractivity contribution is 6.09. The third-order valence-electron chi connectivity index (χ3n) is 3.58. The molecule has 2 aliphatic rings. The number of likely N-dealkylation sites (N-methyl/N-ethyl adjacent to an activating group) is 1. The molecule has 120 valence electrons. The maximum atomic E-state index is 11.8. The fourth-order valence-electron chi connectivity index (χ4n) is 2.46. The van der Waals surface area contributed by atoms with Crippen molar-refractivity contribution in [2.75, 3.05) is 13.6 Å². The van der Waals surface area contributed by atoms with Crippen molar-refractivity contribution in [3.63, 3.8) is 0 Å². The number of H-pyrrole nitrogens is 1. The van der Waals surface area contributed by atoms with Crippen LogP contribution in [0.3, 0.4) is 0 Å². The molecule has 1 aliphatic heterocycles. The summed E-state index contributed by atoms with van der Waals surface area (Å²) in [6, 6.07) is 0.174. The normalized spacial score (nSPS) is 20.6. The molecule has 0 aromatic carbocycles. The molecule has 0 saturated heterocycles. The van der Waals surface area contributed by atoms with Gasteiger partial charge in [-0.1, -0.05) is 0 Å². The second-order valence-corrected chi connectivity index (χ2v) is 5.03. The Morgan fingerprint density at radius 3 is 2.64 bits per heavy atom. The molecular formula is C13H14F3N3O3. The molecule has 0 saturated carbocycles. The number of nitrogens with one attached hydrogen (secondary N) is 1. The number of rotatable bonds is 0. The lowest BCUT2D eigenvalue weighted by atomic mass is 9.88. The van der Waals surface area contributed by atoms with Crippen LogP contribution in [0.4, 0.5) is 13.2 Å². The van der Waals surface area contributed by atoms with Gasteiger partial charge in [-0.2, -0.15) is 13.2 Å². The van der Waals surface area contributed by atoms with Gasteiger partial charge in [-0.05, 0) is 25.1 Å². The number of allylic oxidation sites excluding steroid dienone is 1. The van der Waals surface area contributed by atoms with Crippen LogP contribution in [0.1, 0.15) is 27.7 Å². The van der Waals surface area contributed by atoms with E-state index in [9.17, 15) is 18.0 Å². The van der Waals surface area contributed by atoms with Crippen molar-refractivity contribution in [1.29, 1.82) is 0 Å². The van der Waals surface area contributed by atoms with Crippen LogP contribution in [-0.4, -0.2) is 46.5 Å².